The number of rotatable bonds is 8. The zero-order valence-electron chi connectivity index (χ0n) is 20.2. The van der Waals surface area contributed by atoms with Gasteiger partial charge in [0.2, 0.25) is 0 Å². The molecule has 0 aliphatic carbocycles. The van der Waals surface area contributed by atoms with E-state index in [1.54, 1.807) is 32.4 Å². The van der Waals surface area contributed by atoms with Crippen molar-refractivity contribution in [1.29, 1.82) is 0 Å². The lowest BCUT2D eigenvalue weighted by Crippen LogP contribution is -2.30. The van der Waals surface area contributed by atoms with Gasteiger partial charge in [-0.15, -0.1) is 0 Å². The van der Waals surface area contributed by atoms with E-state index in [-0.39, 0.29) is 5.91 Å². The fourth-order valence-electron chi connectivity index (χ4n) is 3.85. The standard InChI is InChI=1S/C28H28N2O4S/c1-18(2)20-10-12-22(13-11-20)34-17-21-15-19(9-14-25(21)32-3)16-23-27(31)30(28(35)29-23)24-7-5-6-8-26(24)33-4/h5-16,18H,17H2,1-4H3,(H,29,35)/b23-16+. The number of hydrogen-bond donors (Lipinski definition) is 1. The maximum absolute atomic E-state index is 13.2. The molecular formula is C28H28N2O4S. The number of methoxy groups -OCH3 is 2. The predicted molar refractivity (Wildman–Crippen MR) is 142 cm³/mol. The minimum atomic E-state index is -0.252. The summed E-state index contributed by atoms with van der Waals surface area (Å²) in [5.74, 6) is 2.27. The number of carbonyl (C=O) groups is 1. The Morgan fingerprint density at radius 1 is 0.971 bits per heavy atom. The molecule has 0 atom stereocenters. The van der Waals surface area contributed by atoms with Gasteiger partial charge in [0.15, 0.2) is 5.11 Å². The summed E-state index contributed by atoms with van der Waals surface area (Å²) in [7, 11) is 3.19. The number of hydrogen-bond acceptors (Lipinski definition) is 5. The van der Waals surface area contributed by atoms with Crippen LogP contribution in [0.3, 0.4) is 0 Å². The smallest absolute Gasteiger partial charge is 0.281 e. The average Bonchev–Trinajstić information content (AvgIpc) is 3.15. The first-order chi connectivity index (χ1) is 16.9. The van der Waals surface area contributed by atoms with Crippen molar-refractivity contribution < 1.29 is 19.0 Å². The van der Waals surface area contributed by atoms with E-state index >= 15 is 0 Å². The largest absolute Gasteiger partial charge is 0.496 e. The molecule has 1 N–H and O–H groups in total. The Morgan fingerprint density at radius 3 is 2.37 bits per heavy atom. The Morgan fingerprint density at radius 2 is 1.69 bits per heavy atom. The van der Waals surface area contributed by atoms with Crippen LogP contribution < -0.4 is 24.4 Å². The molecule has 1 fully saturated rings. The minimum Gasteiger partial charge on any atom is -0.496 e. The van der Waals surface area contributed by atoms with Crippen LogP contribution in [0.25, 0.3) is 6.08 Å². The van der Waals surface area contributed by atoms with E-state index in [0.717, 1.165) is 16.9 Å². The van der Waals surface area contributed by atoms with Crippen LogP contribution in [0.2, 0.25) is 0 Å². The number of ether oxygens (including phenoxy) is 3. The van der Waals surface area contributed by atoms with E-state index in [4.69, 9.17) is 26.4 Å². The number of nitrogens with zero attached hydrogens (tertiary/aromatic N) is 1. The molecule has 6 nitrogen and oxygen atoms in total. The van der Waals surface area contributed by atoms with Crippen LogP contribution in [0.1, 0.15) is 36.5 Å². The molecule has 0 unspecified atom stereocenters. The van der Waals surface area contributed by atoms with Gasteiger partial charge in [-0.05, 0) is 71.7 Å². The molecule has 0 radical (unpaired) electrons. The van der Waals surface area contributed by atoms with Gasteiger partial charge in [-0.2, -0.15) is 0 Å². The van der Waals surface area contributed by atoms with E-state index in [1.807, 2.05) is 42.5 Å². The summed E-state index contributed by atoms with van der Waals surface area (Å²) >= 11 is 5.44. The fourth-order valence-corrected chi connectivity index (χ4v) is 4.14. The van der Waals surface area contributed by atoms with E-state index in [9.17, 15) is 4.79 Å². The molecule has 0 bridgehead atoms. The zero-order chi connectivity index (χ0) is 24.9. The summed E-state index contributed by atoms with van der Waals surface area (Å²) in [6.07, 6.45) is 1.77. The maximum atomic E-state index is 13.2. The van der Waals surface area contributed by atoms with Crippen LogP contribution in [-0.2, 0) is 11.4 Å². The lowest BCUT2D eigenvalue weighted by Gasteiger charge is -2.17. The first kappa shape index (κ1) is 24.3. The molecule has 1 aliphatic heterocycles. The lowest BCUT2D eigenvalue weighted by atomic mass is 10.0. The second-order valence-corrected chi connectivity index (χ2v) is 8.77. The molecule has 3 aromatic carbocycles. The first-order valence-corrected chi connectivity index (χ1v) is 11.7. The molecule has 35 heavy (non-hydrogen) atoms. The van der Waals surface area contributed by atoms with Gasteiger partial charge in [0, 0.05) is 5.56 Å². The Kier molecular flexibility index (Phi) is 7.36. The highest BCUT2D eigenvalue weighted by Gasteiger charge is 2.33. The molecule has 0 saturated carbocycles. The topological polar surface area (TPSA) is 60.0 Å². The van der Waals surface area contributed by atoms with Crippen LogP contribution in [-0.4, -0.2) is 25.2 Å². The molecule has 1 amide bonds. The van der Waals surface area contributed by atoms with Crippen LogP contribution in [0.5, 0.6) is 17.2 Å². The van der Waals surface area contributed by atoms with Gasteiger partial charge in [-0.1, -0.05) is 44.2 Å². The molecule has 180 valence electrons. The third-order valence-electron chi connectivity index (χ3n) is 5.76. The number of thiocarbonyl (C=S) groups is 1. The Labute approximate surface area is 211 Å². The van der Waals surface area contributed by atoms with Crippen LogP contribution in [0.4, 0.5) is 5.69 Å². The monoisotopic (exact) mass is 488 g/mol. The number of nitrogens with one attached hydrogen (secondary N) is 1. The summed E-state index contributed by atoms with van der Waals surface area (Å²) in [5, 5.41) is 3.32. The van der Waals surface area contributed by atoms with Gasteiger partial charge in [0.1, 0.15) is 29.6 Å². The van der Waals surface area contributed by atoms with Crippen molar-refractivity contribution in [3.05, 3.63) is 89.1 Å². The fraction of sp³-hybridized carbons (Fsp3) is 0.214. The highest BCUT2D eigenvalue weighted by Crippen LogP contribution is 2.32. The molecule has 4 rings (SSSR count). The molecule has 1 aliphatic rings. The molecule has 3 aromatic rings. The Bertz CT molecular complexity index is 1270. The van der Waals surface area contributed by atoms with Crippen molar-refractivity contribution in [2.75, 3.05) is 19.1 Å². The molecular weight excluding hydrogens is 460 g/mol. The summed E-state index contributed by atoms with van der Waals surface area (Å²) in [6, 6.07) is 21.1. The van der Waals surface area contributed by atoms with Gasteiger partial charge in [0.25, 0.3) is 5.91 Å². The van der Waals surface area contributed by atoms with Gasteiger partial charge < -0.3 is 19.5 Å². The second kappa shape index (κ2) is 10.6. The number of para-hydroxylation sites is 2. The first-order valence-electron chi connectivity index (χ1n) is 11.3. The number of amides is 1. The van der Waals surface area contributed by atoms with E-state index in [0.29, 0.717) is 40.5 Å². The van der Waals surface area contributed by atoms with Crippen molar-refractivity contribution >= 4 is 35.0 Å². The number of benzene rings is 3. The molecule has 1 heterocycles. The molecule has 0 spiro atoms. The van der Waals surface area contributed by atoms with Crippen molar-refractivity contribution in [3.63, 3.8) is 0 Å². The van der Waals surface area contributed by atoms with E-state index in [2.05, 4.69) is 31.3 Å². The zero-order valence-corrected chi connectivity index (χ0v) is 21.0. The van der Waals surface area contributed by atoms with Crippen molar-refractivity contribution in [3.8, 4) is 17.2 Å². The summed E-state index contributed by atoms with van der Waals surface area (Å²) < 4.78 is 16.9. The summed E-state index contributed by atoms with van der Waals surface area (Å²) in [5.41, 5.74) is 3.91. The summed E-state index contributed by atoms with van der Waals surface area (Å²) in [4.78, 5) is 14.6. The minimum absolute atomic E-state index is 0.252. The van der Waals surface area contributed by atoms with Gasteiger partial charge in [0.05, 0.1) is 19.9 Å². The second-order valence-electron chi connectivity index (χ2n) is 8.38. The van der Waals surface area contributed by atoms with Crippen LogP contribution in [0, 0.1) is 0 Å². The Balaban J connectivity index is 1.55. The van der Waals surface area contributed by atoms with Gasteiger partial charge in [-0.25, -0.2) is 4.90 Å². The third kappa shape index (κ3) is 5.30. The van der Waals surface area contributed by atoms with Crippen molar-refractivity contribution in [2.45, 2.75) is 26.4 Å². The summed E-state index contributed by atoms with van der Waals surface area (Å²) in [6.45, 7) is 4.65. The third-order valence-corrected chi connectivity index (χ3v) is 6.05. The van der Waals surface area contributed by atoms with Crippen molar-refractivity contribution in [2.24, 2.45) is 0 Å². The molecule has 0 aromatic heterocycles. The highest BCUT2D eigenvalue weighted by molar-refractivity contribution is 7.80. The Hall–Kier alpha value is -3.84. The average molecular weight is 489 g/mol. The normalized spacial score (nSPS) is 14.4. The molecule has 7 heteroatoms. The maximum Gasteiger partial charge on any atom is 0.281 e. The number of anilines is 1. The quantitative estimate of drug-likeness (QED) is 0.326. The van der Waals surface area contributed by atoms with Gasteiger partial charge >= 0.3 is 0 Å². The van der Waals surface area contributed by atoms with Crippen LogP contribution in [0.15, 0.2) is 72.4 Å². The van der Waals surface area contributed by atoms with Crippen molar-refractivity contribution in [1.82, 2.24) is 5.32 Å². The van der Waals surface area contributed by atoms with Crippen LogP contribution >= 0.6 is 12.2 Å². The predicted octanol–water partition coefficient (Wildman–Crippen LogP) is 5.67. The van der Waals surface area contributed by atoms with E-state index in [1.165, 1.54) is 10.5 Å². The lowest BCUT2D eigenvalue weighted by molar-refractivity contribution is -0.113. The van der Waals surface area contributed by atoms with Gasteiger partial charge in [-0.3, -0.25) is 4.79 Å². The highest BCUT2D eigenvalue weighted by atomic mass is 32.1. The molecule has 1 saturated heterocycles. The number of carbonyl (C=O) groups excluding carboxylic acids is 1. The SMILES string of the molecule is COc1ccc(/C=C2/NC(=S)N(c3ccccc3OC)C2=O)cc1COc1ccc(C(C)C)cc1. The van der Waals surface area contributed by atoms with E-state index < -0.39 is 0 Å².